The molecule has 0 radical (unpaired) electrons. The van der Waals surface area contributed by atoms with Gasteiger partial charge in [0.25, 0.3) is 0 Å². The summed E-state index contributed by atoms with van der Waals surface area (Å²) in [7, 11) is 0. The summed E-state index contributed by atoms with van der Waals surface area (Å²) in [5.41, 5.74) is 7.91. The lowest BCUT2D eigenvalue weighted by atomic mass is 9.60. The predicted molar refractivity (Wildman–Crippen MR) is 175 cm³/mol. The Morgan fingerprint density at radius 3 is 1.42 bits per heavy atom. The van der Waals surface area contributed by atoms with Crippen LogP contribution >= 0.6 is 0 Å². The summed E-state index contributed by atoms with van der Waals surface area (Å²) in [6, 6.07) is 31.2. The third kappa shape index (κ3) is 4.19. The predicted octanol–water partition coefficient (Wildman–Crippen LogP) is 12.2. The Balaban J connectivity index is 1.65. The van der Waals surface area contributed by atoms with E-state index in [1.54, 1.807) is 18.2 Å². The second-order valence-corrected chi connectivity index (χ2v) is 13.5. The van der Waals surface area contributed by atoms with Crippen LogP contribution in [0.5, 0.6) is 0 Å². The van der Waals surface area contributed by atoms with Crippen LogP contribution in [0.15, 0.2) is 97.1 Å². The smallest absolute Gasteiger partial charge is 0.166 e. The van der Waals surface area contributed by atoms with Crippen molar-refractivity contribution in [3.05, 3.63) is 119 Å². The van der Waals surface area contributed by atoms with Crippen LogP contribution in [0.1, 0.15) is 62.8 Å². The van der Waals surface area contributed by atoms with Gasteiger partial charge in [-0.05, 0) is 108 Å². The zero-order chi connectivity index (χ0) is 30.3. The van der Waals surface area contributed by atoms with Crippen LogP contribution in [0, 0.1) is 6.92 Å². The van der Waals surface area contributed by atoms with Gasteiger partial charge in [0.1, 0.15) is 0 Å². The molecule has 0 unspecified atom stereocenters. The van der Waals surface area contributed by atoms with Gasteiger partial charge in [-0.1, -0.05) is 119 Å². The number of rotatable bonds is 2. The van der Waals surface area contributed by atoms with Gasteiger partial charge in [0.2, 0.25) is 0 Å². The summed E-state index contributed by atoms with van der Waals surface area (Å²) in [5.74, 6) is 0. The maximum Gasteiger partial charge on any atom is 0.417 e. The van der Waals surface area contributed by atoms with Crippen LogP contribution in [0.4, 0.5) is 13.2 Å². The third-order valence-electron chi connectivity index (χ3n) is 9.84. The third-order valence-corrected chi connectivity index (χ3v) is 9.84. The van der Waals surface area contributed by atoms with Crippen molar-refractivity contribution in [2.45, 2.75) is 64.5 Å². The van der Waals surface area contributed by atoms with Crippen LogP contribution in [-0.4, -0.2) is 0 Å². The van der Waals surface area contributed by atoms with Crippen LogP contribution < -0.4 is 0 Å². The molecule has 6 aromatic carbocycles. The zero-order valence-electron chi connectivity index (χ0n) is 25.3. The molecule has 1 aliphatic rings. The van der Waals surface area contributed by atoms with Crippen molar-refractivity contribution in [3.8, 4) is 22.3 Å². The van der Waals surface area contributed by atoms with E-state index < -0.39 is 11.7 Å². The molecule has 216 valence electrons. The lowest BCUT2D eigenvalue weighted by Crippen LogP contribution is -2.35. The SMILES string of the molecule is Cc1ccc(-c2c3ccccc3c(-c3ccc(C(F)(F)F)c4ccccc34)c3ccccc23)c2c1C(C)(C)CCC2(C)C. The first-order valence-corrected chi connectivity index (χ1v) is 15.1. The number of fused-ring (bicyclic) bond motifs is 4. The van der Waals surface area contributed by atoms with E-state index in [9.17, 15) is 13.2 Å². The van der Waals surface area contributed by atoms with Crippen molar-refractivity contribution < 1.29 is 13.2 Å². The molecule has 0 saturated carbocycles. The minimum atomic E-state index is -4.43. The van der Waals surface area contributed by atoms with E-state index in [4.69, 9.17) is 0 Å². The highest BCUT2D eigenvalue weighted by Gasteiger charge is 2.40. The van der Waals surface area contributed by atoms with Gasteiger partial charge in [-0.3, -0.25) is 0 Å². The van der Waals surface area contributed by atoms with E-state index in [1.165, 1.54) is 33.9 Å². The minimum absolute atomic E-state index is 0.00326. The van der Waals surface area contributed by atoms with Gasteiger partial charge < -0.3 is 0 Å². The summed E-state index contributed by atoms with van der Waals surface area (Å²) in [4.78, 5) is 0. The van der Waals surface area contributed by atoms with Crippen molar-refractivity contribution in [2.75, 3.05) is 0 Å². The molecule has 7 rings (SSSR count). The van der Waals surface area contributed by atoms with E-state index in [1.807, 2.05) is 24.3 Å². The summed E-state index contributed by atoms with van der Waals surface area (Å²) in [6.07, 6.45) is -2.19. The minimum Gasteiger partial charge on any atom is -0.166 e. The highest BCUT2D eigenvalue weighted by atomic mass is 19.4. The summed E-state index contributed by atoms with van der Waals surface area (Å²) in [5, 5.41) is 5.15. The fourth-order valence-electron chi connectivity index (χ4n) is 7.84. The molecule has 0 fully saturated rings. The zero-order valence-corrected chi connectivity index (χ0v) is 25.3. The summed E-state index contributed by atoms with van der Waals surface area (Å²) in [6.45, 7) is 11.7. The average Bonchev–Trinajstić information content (AvgIpc) is 2.97. The number of alkyl halides is 3. The number of benzene rings is 6. The van der Waals surface area contributed by atoms with Crippen LogP contribution in [-0.2, 0) is 17.0 Å². The molecular formula is C40H35F3. The van der Waals surface area contributed by atoms with Crippen LogP contribution in [0.2, 0.25) is 0 Å². The molecule has 0 nitrogen and oxygen atoms in total. The number of hydrogen-bond acceptors (Lipinski definition) is 0. The quantitative estimate of drug-likeness (QED) is 0.181. The molecule has 6 aromatic rings. The first kappa shape index (κ1) is 27.7. The van der Waals surface area contributed by atoms with Crippen molar-refractivity contribution in [3.63, 3.8) is 0 Å². The van der Waals surface area contributed by atoms with Crippen molar-refractivity contribution in [1.82, 2.24) is 0 Å². The molecule has 1 aliphatic carbocycles. The maximum absolute atomic E-state index is 14.1. The van der Waals surface area contributed by atoms with E-state index in [0.29, 0.717) is 5.39 Å². The van der Waals surface area contributed by atoms with Gasteiger partial charge in [-0.15, -0.1) is 0 Å². The topological polar surface area (TPSA) is 0 Å². The average molecular weight is 573 g/mol. The van der Waals surface area contributed by atoms with Crippen molar-refractivity contribution in [2.24, 2.45) is 0 Å². The first-order valence-electron chi connectivity index (χ1n) is 15.1. The monoisotopic (exact) mass is 572 g/mol. The lowest BCUT2D eigenvalue weighted by Gasteiger charge is -2.44. The Hall–Kier alpha value is -4.11. The lowest BCUT2D eigenvalue weighted by molar-refractivity contribution is -0.136. The molecule has 0 spiro atoms. The van der Waals surface area contributed by atoms with Crippen molar-refractivity contribution in [1.29, 1.82) is 0 Å². The van der Waals surface area contributed by atoms with Crippen molar-refractivity contribution >= 4 is 32.3 Å². The van der Waals surface area contributed by atoms with Gasteiger partial charge in [0.05, 0.1) is 5.56 Å². The highest BCUT2D eigenvalue weighted by molar-refractivity contribution is 6.24. The first-order chi connectivity index (χ1) is 20.4. The van der Waals surface area contributed by atoms with Crippen LogP contribution in [0.3, 0.4) is 0 Å². The van der Waals surface area contributed by atoms with E-state index in [-0.39, 0.29) is 16.2 Å². The van der Waals surface area contributed by atoms with Gasteiger partial charge in [0.15, 0.2) is 0 Å². The Labute approximate surface area is 251 Å². The summed E-state index contributed by atoms with van der Waals surface area (Å²) < 4.78 is 42.2. The maximum atomic E-state index is 14.1. The second-order valence-electron chi connectivity index (χ2n) is 13.5. The molecule has 0 aromatic heterocycles. The molecule has 0 heterocycles. The molecule has 3 heteroatoms. The molecule has 0 bridgehead atoms. The number of aryl methyl sites for hydroxylation is 1. The van der Waals surface area contributed by atoms with Crippen LogP contribution in [0.25, 0.3) is 54.6 Å². The number of halogens is 3. The molecule has 0 atom stereocenters. The largest absolute Gasteiger partial charge is 0.417 e. The summed E-state index contributed by atoms with van der Waals surface area (Å²) >= 11 is 0. The Bertz CT molecular complexity index is 2020. The molecule has 0 saturated heterocycles. The van der Waals surface area contributed by atoms with E-state index >= 15 is 0 Å². The van der Waals surface area contributed by atoms with Gasteiger partial charge in [-0.25, -0.2) is 0 Å². The Morgan fingerprint density at radius 2 is 0.907 bits per heavy atom. The Kier molecular flexibility index (Phi) is 6.09. The normalized spacial score (nSPS) is 16.1. The van der Waals surface area contributed by atoms with E-state index in [0.717, 1.165) is 45.5 Å². The van der Waals surface area contributed by atoms with Gasteiger partial charge in [0, 0.05) is 0 Å². The molecule has 0 aliphatic heterocycles. The van der Waals surface area contributed by atoms with E-state index in [2.05, 4.69) is 83.1 Å². The highest BCUT2D eigenvalue weighted by Crippen LogP contribution is 2.53. The standard InChI is InChI=1S/C40H35F3/c1-24-18-19-32(37-36(24)38(2,3)22-23-39(37,4)5)35-29-16-10-8-14-27(29)34(28-15-9-11-17-30(28)35)31-20-21-33(40(41,42)43)26-13-7-6-12-25(26)31/h6-21H,22-23H2,1-5H3. The van der Waals surface area contributed by atoms with Gasteiger partial charge >= 0.3 is 6.18 Å². The molecule has 0 amide bonds. The molecular weight excluding hydrogens is 537 g/mol. The Morgan fingerprint density at radius 1 is 0.488 bits per heavy atom. The van der Waals surface area contributed by atoms with Gasteiger partial charge in [-0.2, -0.15) is 13.2 Å². The fraction of sp³-hybridized carbons (Fsp3) is 0.250. The fourth-order valence-corrected chi connectivity index (χ4v) is 7.84. The molecule has 43 heavy (non-hydrogen) atoms. The second kappa shape index (κ2) is 9.44. The number of hydrogen-bond donors (Lipinski definition) is 0. The molecule has 0 N–H and O–H groups in total.